The highest BCUT2D eigenvalue weighted by Gasteiger charge is 2.20. The summed E-state index contributed by atoms with van der Waals surface area (Å²) in [5.74, 6) is -0.297. The number of fused-ring (bicyclic) bond motifs is 1. The van der Waals surface area contributed by atoms with Gasteiger partial charge in [0.25, 0.3) is 5.91 Å². The number of nitrogens with one attached hydrogen (secondary N) is 2. The Balaban J connectivity index is 1.43. The number of hydrogen-bond acceptors (Lipinski definition) is 6. The van der Waals surface area contributed by atoms with E-state index in [1.165, 1.54) is 30.0 Å². The first-order valence-corrected chi connectivity index (χ1v) is 12.5. The molecule has 2 amide bonds. The Bertz CT molecular complexity index is 1330. The molecule has 3 aromatic carbocycles. The minimum Gasteiger partial charge on any atom is -0.325 e. The minimum absolute atomic E-state index is 0.0153. The monoisotopic (exact) mass is 489 g/mol. The molecule has 0 aliphatic rings. The number of nitrogens with zero attached hydrogens (tertiary/aromatic N) is 1. The van der Waals surface area contributed by atoms with Crippen LogP contribution in [-0.2, 0) is 4.79 Å². The molecule has 4 aromatic rings. The summed E-state index contributed by atoms with van der Waals surface area (Å²) in [5.41, 5.74) is 3.36. The second-order valence-corrected chi connectivity index (χ2v) is 10.1. The molecule has 172 valence electrons. The predicted molar refractivity (Wildman–Crippen MR) is 139 cm³/mol. The molecule has 0 aliphatic heterocycles. The molecule has 0 bridgehead atoms. The Morgan fingerprint density at radius 3 is 2.29 bits per heavy atom. The zero-order valence-electron chi connectivity index (χ0n) is 18.7. The summed E-state index contributed by atoms with van der Waals surface area (Å²) in [6.45, 7) is 3.47. The first-order chi connectivity index (χ1) is 16.4. The summed E-state index contributed by atoms with van der Waals surface area (Å²) in [6, 6.07) is 21.5. The van der Waals surface area contributed by atoms with Crippen molar-refractivity contribution in [3.8, 4) is 0 Å². The number of carbonyl (C=O) groups excluding carboxylic acids is 3. The van der Waals surface area contributed by atoms with Crippen LogP contribution in [-0.4, -0.2) is 27.8 Å². The largest absolute Gasteiger partial charge is 0.325 e. The van der Waals surface area contributed by atoms with E-state index in [4.69, 9.17) is 0 Å². The lowest BCUT2D eigenvalue weighted by Crippen LogP contribution is -2.24. The topological polar surface area (TPSA) is 88.2 Å². The molecule has 1 heterocycles. The van der Waals surface area contributed by atoms with Crippen LogP contribution in [0.1, 0.15) is 41.0 Å². The fourth-order valence-corrected chi connectivity index (χ4v) is 5.55. The van der Waals surface area contributed by atoms with E-state index in [-0.39, 0.29) is 22.8 Å². The van der Waals surface area contributed by atoms with Gasteiger partial charge in [0.2, 0.25) is 5.91 Å². The van der Waals surface area contributed by atoms with Crippen molar-refractivity contribution in [2.45, 2.75) is 29.9 Å². The predicted octanol–water partition coefficient (Wildman–Crippen LogP) is 6.26. The van der Waals surface area contributed by atoms with E-state index >= 15 is 0 Å². The number of carbonyl (C=O) groups is 3. The number of rotatable bonds is 8. The number of ketones is 1. The van der Waals surface area contributed by atoms with Crippen LogP contribution in [0.25, 0.3) is 10.2 Å². The van der Waals surface area contributed by atoms with Gasteiger partial charge < -0.3 is 10.6 Å². The lowest BCUT2D eigenvalue weighted by Gasteiger charge is -2.13. The number of amides is 2. The second-order valence-electron chi connectivity index (χ2n) is 7.62. The Kier molecular flexibility index (Phi) is 7.40. The number of benzene rings is 3. The maximum atomic E-state index is 12.8. The standard InChI is InChI=1S/C26H23N3O3S2/c1-3-22(25(32)27-19-11-9-17(10-12-19)16(2)30)33-26-29-21-14-13-20(15-23(21)34-26)28-24(31)18-7-5-4-6-8-18/h4-15,22H,3H2,1-2H3,(H,27,32)(H,28,31)/t22-/m1/s1. The molecular formula is C26H23N3O3S2. The van der Waals surface area contributed by atoms with E-state index < -0.39 is 0 Å². The average Bonchev–Trinajstić information content (AvgIpc) is 3.25. The van der Waals surface area contributed by atoms with Crippen molar-refractivity contribution in [2.24, 2.45) is 0 Å². The van der Waals surface area contributed by atoms with Gasteiger partial charge in [0.15, 0.2) is 10.1 Å². The maximum absolute atomic E-state index is 12.8. The third-order valence-corrected chi connectivity index (χ3v) is 7.60. The van der Waals surface area contributed by atoms with Crippen LogP contribution in [0.2, 0.25) is 0 Å². The Morgan fingerprint density at radius 1 is 0.912 bits per heavy atom. The maximum Gasteiger partial charge on any atom is 0.255 e. The van der Waals surface area contributed by atoms with Crippen molar-refractivity contribution >= 4 is 62.3 Å². The highest BCUT2D eigenvalue weighted by molar-refractivity contribution is 8.02. The molecule has 0 aliphatic carbocycles. The number of aromatic nitrogens is 1. The molecule has 34 heavy (non-hydrogen) atoms. The van der Waals surface area contributed by atoms with Crippen molar-refractivity contribution < 1.29 is 14.4 Å². The summed E-state index contributed by atoms with van der Waals surface area (Å²) >= 11 is 2.91. The Morgan fingerprint density at radius 2 is 1.62 bits per heavy atom. The Labute approximate surface area is 205 Å². The minimum atomic E-state index is -0.315. The average molecular weight is 490 g/mol. The summed E-state index contributed by atoms with van der Waals surface area (Å²) in [5, 5.41) is 5.52. The van der Waals surface area contributed by atoms with Gasteiger partial charge in [0.1, 0.15) is 0 Å². The third-order valence-electron chi connectivity index (χ3n) is 5.13. The van der Waals surface area contributed by atoms with Crippen molar-refractivity contribution in [3.05, 3.63) is 83.9 Å². The number of Topliss-reactive ketones (excluding diaryl/α,β-unsaturated/α-hetero) is 1. The van der Waals surface area contributed by atoms with Crippen molar-refractivity contribution in [1.29, 1.82) is 0 Å². The highest BCUT2D eigenvalue weighted by Crippen LogP contribution is 2.35. The molecule has 6 nitrogen and oxygen atoms in total. The zero-order chi connectivity index (χ0) is 24.1. The molecule has 0 radical (unpaired) electrons. The fourth-order valence-electron chi connectivity index (χ4n) is 3.28. The molecule has 0 unspecified atom stereocenters. The lowest BCUT2D eigenvalue weighted by atomic mass is 10.1. The summed E-state index contributed by atoms with van der Waals surface area (Å²) in [6.07, 6.45) is 0.635. The van der Waals surface area contributed by atoms with E-state index in [0.717, 1.165) is 14.6 Å². The number of hydrogen-bond donors (Lipinski definition) is 2. The molecule has 0 spiro atoms. The van der Waals surface area contributed by atoms with E-state index in [1.807, 2.05) is 43.3 Å². The zero-order valence-corrected chi connectivity index (χ0v) is 20.3. The first-order valence-electron chi connectivity index (χ1n) is 10.8. The third kappa shape index (κ3) is 5.70. The van der Waals surface area contributed by atoms with Crippen LogP contribution in [0.15, 0.2) is 77.1 Å². The van der Waals surface area contributed by atoms with Gasteiger partial charge in [-0.2, -0.15) is 0 Å². The van der Waals surface area contributed by atoms with Crippen LogP contribution in [0, 0.1) is 0 Å². The molecule has 8 heteroatoms. The van der Waals surface area contributed by atoms with Gasteiger partial charge in [0, 0.05) is 22.5 Å². The molecule has 4 rings (SSSR count). The van der Waals surface area contributed by atoms with Crippen molar-refractivity contribution in [1.82, 2.24) is 4.98 Å². The first kappa shape index (κ1) is 23.7. The molecule has 0 fully saturated rings. The van der Waals surface area contributed by atoms with E-state index in [1.54, 1.807) is 36.4 Å². The van der Waals surface area contributed by atoms with Gasteiger partial charge in [-0.05, 0) is 67.9 Å². The SMILES string of the molecule is CC[C@@H](Sc1nc2ccc(NC(=O)c3ccccc3)cc2s1)C(=O)Nc1ccc(C(C)=O)cc1. The van der Waals surface area contributed by atoms with E-state index in [2.05, 4.69) is 15.6 Å². The quantitative estimate of drug-likeness (QED) is 0.225. The van der Waals surface area contributed by atoms with Gasteiger partial charge in [-0.1, -0.05) is 36.9 Å². The molecule has 2 N–H and O–H groups in total. The van der Waals surface area contributed by atoms with Crippen LogP contribution in [0.3, 0.4) is 0 Å². The van der Waals surface area contributed by atoms with Crippen LogP contribution < -0.4 is 10.6 Å². The van der Waals surface area contributed by atoms with Gasteiger partial charge in [0.05, 0.1) is 15.5 Å². The smallest absolute Gasteiger partial charge is 0.255 e. The normalized spacial score (nSPS) is 11.7. The molecule has 1 atom stereocenters. The molecule has 0 saturated carbocycles. The molecular weight excluding hydrogens is 466 g/mol. The number of thioether (sulfide) groups is 1. The number of anilines is 2. The summed E-state index contributed by atoms with van der Waals surface area (Å²) in [7, 11) is 0. The highest BCUT2D eigenvalue weighted by atomic mass is 32.2. The van der Waals surface area contributed by atoms with Crippen molar-refractivity contribution in [3.63, 3.8) is 0 Å². The summed E-state index contributed by atoms with van der Waals surface area (Å²) in [4.78, 5) is 41.3. The molecule has 0 saturated heterocycles. The fraction of sp³-hybridized carbons (Fsp3) is 0.154. The molecule has 1 aromatic heterocycles. The van der Waals surface area contributed by atoms with Gasteiger partial charge in [-0.15, -0.1) is 11.3 Å². The van der Waals surface area contributed by atoms with Crippen molar-refractivity contribution in [2.75, 3.05) is 10.6 Å². The summed E-state index contributed by atoms with van der Waals surface area (Å²) < 4.78 is 1.72. The van der Waals surface area contributed by atoms with Crippen LogP contribution in [0.5, 0.6) is 0 Å². The lowest BCUT2D eigenvalue weighted by molar-refractivity contribution is -0.115. The van der Waals surface area contributed by atoms with Gasteiger partial charge in [-0.3, -0.25) is 14.4 Å². The van der Waals surface area contributed by atoms with Crippen LogP contribution >= 0.6 is 23.1 Å². The van der Waals surface area contributed by atoms with E-state index in [9.17, 15) is 14.4 Å². The van der Waals surface area contributed by atoms with E-state index in [0.29, 0.717) is 28.9 Å². The van der Waals surface area contributed by atoms with Gasteiger partial charge >= 0.3 is 0 Å². The Hall–Kier alpha value is -3.49. The second kappa shape index (κ2) is 10.6. The van der Waals surface area contributed by atoms with Crippen LogP contribution in [0.4, 0.5) is 11.4 Å². The van der Waals surface area contributed by atoms with Gasteiger partial charge in [-0.25, -0.2) is 4.98 Å². The number of thiazole rings is 1.